The quantitative estimate of drug-likeness (QED) is 0.678. The van der Waals surface area contributed by atoms with Crippen LogP contribution in [0.1, 0.15) is 26.7 Å². The Bertz CT molecular complexity index is 275. The Morgan fingerprint density at radius 2 is 2.40 bits per heavy atom. The van der Waals surface area contributed by atoms with Crippen LogP contribution in [0.15, 0.2) is 12.2 Å². The van der Waals surface area contributed by atoms with E-state index in [1.807, 2.05) is 13.8 Å². The van der Waals surface area contributed by atoms with E-state index < -0.39 is 0 Å². The van der Waals surface area contributed by atoms with Crippen LogP contribution in [0.25, 0.3) is 0 Å². The van der Waals surface area contributed by atoms with Crippen molar-refractivity contribution in [3.05, 3.63) is 12.2 Å². The summed E-state index contributed by atoms with van der Waals surface area (Å²) in [6, 6.07) is 0.455. The zero-order valence-corrected chi connectivity index (χ0v) is 9.49. The van der Waals surface area contributed by atoms with Gasteiger partial charge in [-0.25, -0.2) is 0 Å². The van der Waals surface area contributed by atoms with E-state index in [0.29, 0.717) is 18.5 Å². The molecule has 2 rings (SSSR count). The lowest BCUT2D eigenvalue weighted by Gasteiger charge is -2.42. The third kappa shape index (κ3) is 2.07. The van der Waals surface area contributed by atoms with E-state index in [4.69, 9.17) is 0 Å². The predicted octanol–water partition coefficient (Wildman–Crippen LogP) is 1.07. The molecule has 0 aromatic heterocycles. The summed E-state index contributed by atoms with van der Waals surface area (Å²) in [6.45, 7) is 4.60. The fourth-order valence-electron chi connectivity index (χ4n) is 2.63. The number of likely N-dealkylation sites (N-methyl/N-ethyl adjacent to an activating group) is 1. The van der Waals surface area contributed by atoms with Crippen LogP contribution in [-0.2, 0) is 4.79 Å². The van der Waals surface area contributed by atoms with E-state index in [1.54, 1.807) is 0 Å². The molecular weight excluding hydrogens is 188 g/mol. The van der Waals surface area contributed by atoms with Gasteiger partial charge in [0, 0.05) is 12.6 Å². The van der Waals surface area contributed by atoms with Gasteiger partial charge in [0.2, 0.25) is 5.91 Å². The van der Waals surface area contributed by atoms with Gasteiger partial charge < -0.3 is 10.6 Å². The minimum absolute atomic E-state index is 0.0649. The molecular formula is C12H20N2O. The average Bonchev–Trinajstić information content (AvgIpc) is 2.56. The molecule has 3 nitrogen and oxygen atoms in total. The van der Waals surface area contributed by atoms with Gasteiger partial charge in [-0.05, 0) is 38.5 Å². The van der Waals surface area contributed by atoms with Crippen molar-refractivity contribution < 1.29 is 4.79 Å². The summed E-state index contributed by atoms with van der Waals surface area (Å²) in [5, 5.41) is 6.25. The Morgan fingerprint density at radius 3 is 3.07 bits per heavy atom. The number of carbonyl (C=O) groups is 1. The van der Waals surface area contributed by atoms with Crippen molar-refractivity contribution in [3.63, 3.8) is 0 Å². The molecule has 4 atom stereocenters. The Kier molecular flexibility index (Phi) is 3.10. The van der Waals surface area contributed by atoms with E-state index in [1.165, 1.54) is 12.8 Å². The first-order chi connectivity index (χ1) is 7.22. The monoisotopic (exact) mass is 208 g/mol. The Hall–Kier alpha value is -0.830. The maximum absolute atomic E-state index is 11.5. The zero-order valence-electron chi connectivity index (χ0n) is 9.49. The van der Waals surface area contributed by atoms with Crippen LogP contribution in [0.2, 0.25) is 0 Å². The number of hydrogen-bond acceptors (Lipinski definition) is 2. The first-order valence-electron chi connectivity index (χ1n) is 5.92. The molecule has 0 spiro atoms. The van der Waals surface area contributed by atoms with Crippen molar-refractivity contribution in [1.29, 1.82) is 0 Å². The SMILES string of the molecule is CCNC(=O)C(C)NC1CC2CC=CC21. The Morgan fingerprint density at radius 1 is 1.60 bits per heavy atom. The molecule has 0 heterocycles. The van der Waals surface area contributed by atoms with Crippen molar-refractivity contribution in [2.75, 3.05) is 6.54 Å². The third-order valence-corrected chi connectivity index (χ3v) is 3.57. The van der Waals surface area contributed by atoms with Crippen LogP contribution in [0.5, 0.6) is 0 Å². The summed E-state index contributed by atoms with van der Waals surface area (Å²) in [6.07, 6.45) is 7.03. The Balaban J connectivity index is 1.77. The normalized spacial score (nSPS) is 34.4. The molecule has 2 aliphatic rings. The fraction of sp³-hybridized carbons (Fsp3) is 0.750. The maximum Gasteiger partial charge on any atom is 0.236 e. The molecule has 2 N–H and O–H groups in total. The van der Waals surface area contributed by atoms with E-state index >= 15 is 0 Å². The molecule has 0 saturated heterocycles. The van der Waals surface area contributed by atoms with Crippen molar-refractivity contribution in [2.24, 2.45) is 11.8 Å². The lowest BCUT2D eigenvalue weighted by atomic mass is 9.71. The first kappa shape index (κ1) is 10.7. The van der Waals surface area contributed by atoms with Gasteiger partial charge in [-0.2, -0.15) is 0 Å². The summed E-state index contributed by atoms with van der Waals surface area (Å²) >= 11 is 0. The number of fused-ring (bicyclic) bond motifs is 1. The molecule has 0 bridgehead atoms. The number of allylic oxidation sites excluding steroid dienone is 1. The molecule has 1 fully saturated rings. The van der Waals surface area contributed by atoms with Crippen LogP contribution < -0.4 is 10.6 Å². The van der Waals surface area contributed by atoms with Gasteiger partial charge in [-0.15, -0.1) is 0 Å². The second-order valence-corrected chi connectivity index (χ2v) is 4.63. The molecule has 0 aliphatic heterocycles. The van der Waals surface area contributed by atoms with Gasteiger partial charge in [0.15, 0.2) is 0 Å². The second-order valence-electron chi connectivity index (χ2n) is 4.63. The van der Waals surface area contributed by atoms with Crippen LogP contribution in [0.3, 0.4) is 0 Å². The summed E-state index contributed by atoms with van der Waals surface area (Å²) in [5.74, 6) is 1.65. The van der Waals surface area contributed by atoms with Crippen molar-refractivity contribution in [1.82, 2.24) is 10.6 Å². The van der Waals surface area contributed by atoms with E-state index in [2.05, 4.69) is 22.8 Å². The summed E-state index contributed by atoms with van der Waals surface area (Å²) in [5.41, 5.74) is 0. The van der Waals surface area contributed by atoms with E-state index in [0.717, 1.165) is 5.92 Å². The number of hydrogen-bond donors (Lipinski definition) is 2. The Labute approximate surface area is 91.3 Å². The number of rotatable bonds is 4. The lowest BCUT2D eigenvalue weighted by Crippen LogP contribution is -2.54. The zero-order chi connectivity index (χ0) is 10.8. The molecule has 1 saturated carbocycles. The van der Waals surface area contributed by atoms with Gasteiger partial charge in [-0.1, -0.05) is 12.2 Å². The average molecular weight is 208 g/mol. The number of amides is 1. The molecule has 1 amide bonds. The van der Waals surface area contributed by atoms with E-state index in [-0.39, 0.29) is 11.9 Å². The maximum atomic E-state index is 11.5. The molecule has 15 heavy (non-hydrogen) atoms. The van der Waals surface area contributed by atoms with Crippen LogP contribution in [-0.4, -0.2) is 24.5 Å². The minimum atomic E-state index is -0.0649. The highest BCUT2D eigenvalue weighted by Crippen LogP contribution is 2.42. The van der Waals surface area contributed by atoms with E-state index in [9.17, 15) is 4.79 Å². The molecule has 2 aliphatic carbocycles. The largest absolute Gasteiger partial charge is 0.355 e. The van der Waals surface area contributed by atoms with Crippen LogP contribution in [0, 0.1) is 11.8 Å². The summed E-state index contributed by atoms with van der Waals surface area (Å²) < 4.78 is 0. The van der Waals surface area contributed by atoms with Gasteiger partial charge in [0.05, 0.1) is 6.04 Å². The van der Waals surface area contributed by atoms with Gasteiger partial charge >= 0.3 is 0 Å². The molecule has 0 aromatic rings. The molecule has 84 valence electrons. The van der Waals surface area contributed by atoms with Gasteiger partial charge in [0.25, 0.3) is 0 Å². The standard InChI is InChI=1S/C12H20N2O/c1-3-13-12(15)8(2)14-11-7-9-5-4-6-10(9)11/h4,6,8-11,14H,3,5,7H2,1-2H3,(H,13,15). The number of carbonyl (C=O) groups excluding carboxylic acids is 1. The molecule has 0 radical (unpaired) electrons. The van der Waals surface area contributed by atoms with Crippen molar-refractivity contribution in [3.8, 4) is 0 Å². The fourth-order valence-corrected chi connectivity index (χ4v) is 2.63. The van der Waals surface area contributed by atoms with Gasteiger partial charge in [0.1, 0.15) is 0 Å². The second kappa shape index (κ2) is 4.35. The summed E-state index contributed by atoms with van der Waals surface area (Å²) in [4.78, 5) is 11.5. The smallest absolute Gasteiger partial charge is 0.236 e. The predicted molar refractivity (Wildman–Crippen MR) is 60.4 cm³/mol. The minimum Gasteiger partial charge on any atom is -0.355 e. The highest BCUT2D eigenvalue weighted by atomic mass is 16.2. The lowest BCUT2D eigenvalue weighted by molar-refractivity contribution is -0.123. The van der Waals surface area contributed by atoms with Crippen molar-refractivity contribution >= 4 is 5.91 Å². The van der Waals surface area contributed by atoms with Gasteiger partial charge in [-0.3, -0.25) is 4.79 Å². The summed E-state index contributed by atoms with van der Waals surface area (Å²) in [7, 11) is 0. The molecule has 4 unspecified atom stereocenters. The molecule has 0 aromatic carbocycles. The van der Waals surface area contributed by atoms with Crippen LogP contribution in [0.4, 0.5) is 0 Å². The third-order valence-electron chi connectivity index (χ3n) is 3.57. The first-order valence-corrected chi connectivity index (χ1v) is 5.92. The highest BCUT2D eigenvalue weighted by molar-refractivity contribution is 5.81. The van der Waals surface area contributed by atoms with Crippen LogP contribution >= 0.6 is 0 Å². The van der Waals surface area contributed by atoms with Crippen molar-refractivity contribution in [2.45, 2.75) is 38.8 Å². The topological polar surface area (TPSA) is 41.1 Å². The number of nitrogens with one attached hydrogen (secondary N) is 2. The molecule has 3 heteroatoms. The highest BCUT2D eigenvalue weighted by Gasteiger charge is 2.41.